The third-order valence-electron chi connectivity index (χ3n) is 4.49. The molecule has 0 aromatic heterocycles. The summed E-state index contributed by atoms with van der Waals surface area (Å²) in [5, 5.41) is 3.19. The van der Waals surface area contributed by atoms with Gasteiger partial charge < -0.3 is 11.1 Å². The smallest absolute Gasteiger partial charge is 0.193 e. The normalized spacial score (nSPS) is 16.3. The molecule has 134 valence electrons. The first kappa shape index (κ1) is 19.7. The zero-order valence-corrected chi connectivity index (χ0v) is 17.0. The number of anilines is 1. The first-order valence-electron chi connectivity index (χ1n) is 8.65. The molecule has 25 heavy (non-hydrogen) atoms. The number of aliphatic imine (C=N–C) groups is 1. The molecule has 0 saturated carbocycles. The van der Waals surface area contributed by atoms with Crippen molar-refractivity contribution in [2.45, 2.75) is 25.8 Å². The summed E-state index contributed by atoms with van der Waals surface area (Å²) in [7, 11) is 0. The summed E-state index contributed by atoms with van der Waals surface area (Å²) in [5.74, 6) is 0.473. The quantitative estimate of drug-likeness (QED) is 0.409. The molecule has 0 radical (unpaired) electrons. The highest BCUT2D eigenvalue weighted by molar-refractivity contribution is 14.0. The lowest BCUT2D eigenvalue weighted by molar-refractivity contribution is 0.252. The van der Waals surface area contributed by atoms with Crippen LogP contribution >= 0.6 is 24.0 Å². The van der Waals surface area contributed by atoms with Gasteiger partial charge in [-0.1, -0.05) is 42.5 Å². The van der Waals surface area contributed by atoms with Gasteiger partial charge in [-0.3, -0.25) is 9.89 Å². The molecule has 5 heteroatoms. The third kappa shape index (κ3) is 5.71. The van der Waals surface area contributed by atoms with Crippen LogP contribution in [-0.2, 0) is 0 Å². The highest BCUT2D eigenvalue weighted by Crippen LogP contribution is 2.25. The Labute approximate surface area is 167 Å². The Morgan fingerprint density at radius 3 is 2.52 bits per heavy atom. The fraction of sp³-hybridized carbons (Fsp3) is 0.350. The molecule has 0 amide bonds. The number of nitrogens with one attached hydrogen (secondary N) is 1. The van der Waals surface area contributed by atoms with Crippen LogP contribution < -0.4 is 11.1 Å². The van der Waals surface area contributed by atoms with E-state index in [1.165, 1.54) is 24.0 Å². The fourth-order valence-corrected chi connectivity index (χ4v) is 3.26. The molecule has 1 saturated heterocycles. The summed E-state index contributed by atoms with van der Waals surface area (Å²) in [6.45, 7) is 5.02. The van der Waals surface area contributed by atoms with Crippen LogP contribution in [0.25, 0.3) is 0 Å². The lowest BCUT2D eigenvalue weighted by Crippen LogP contribution is -2.30. The van der Waals surface area contributed by atoms with Gasteiger partial charge in [-0.2, -0.15) is 0 Å². The number of aryl methyl sites for hydroxylation is 1. The van der Waals surface area contributed by atoms with E-state index in [1.807, 2.05) is 12.1 Å². The maximum Gasteiger partial charge on any atom is 0.193 e. The molecule has 1 heterocycles. The summed E-state index contributed by atoms with van der Waals surface area (Å²) < 4.78 is 0. The van der Waals surface area contributed by atoms with Crippen LogP contribution in [-0.4, -0.2) is 30.5 Å². The van der Waals surface area contributed by atoms with E-state index < -0.39 is 0 Å². The Hall–Kier alpha value is -1.60. The molecule has 3 rings (SSSR count). The summed E-state index contributed by atoms with van der Waals surface area (Å²) in [6, 6.07) is 19.1. The Morgan fingerprint density at radius 1 is 1.12 bits per heavy atom. The van der Waals surface area contributed by atoms with Gasteiger partial charge in [-0.05, 0) is 56.1 Å². The average Bonchev–Trinajstić information content (AvgIpc) is 3.10. The second-order valence-electron chi connectivity index (χ2n) is 6.39. The van der Waals surface area contributed by atoms with Gasteiger partial charge in [0.2, 0.25) is 0 Å². The number of nitrogens with zero attached hydrogens (tertiary/aromatic N) is 2. The minimum absolute atomic E-state index is 0. The standard InChI is InChI=1S/C20H26N4.HI/c1-16-8-7-11-18(14-16)23-20(21)22-15-19(24-12-5-6-13-24)17-9-3-2-4-10-17;/h2-4,7-11,14,19H,5-6,12-13,15H2,1H3,(H3,21,22,23);1H. The summed E-state index contributed by atoms with van der Waals surface area (Å²) in [5.41, 5.74) is 9.59. The van der Waals surface area contributed by atoms with E-state index in [-0.39, 0.29) is 24.0 Å². The molecule has 0 bridgehead atoms. The van der Waals surface area contributed by atoms with E-state index in [1.54, 1.807) is 0 Å². The maximum absolute atomic E-state index is 6.10. The number of halogens is 1. The van der Waals surface area contributed by atoms with Gasteiger partial charge in [0.05, 0.1) is 12.6 Å². The van der Waals surface area contributed by atoms with Crippen molar-refractivity contribution in [3.63, 3.8) is 0 Å². The predicted molar refractivity (Wildman–Crippen MR) is 117 cm³/mol. The molecule has 1 aliphatic rings. The Morgan fingerprint density at radius 2 is 1.84 bits per heavy atom. The third-order valence-corrected chi connectivity index (χ3v) is 4.49. The van der Waals surface area contributed by atoms with Gasteiger partial charge in [0.25, 0.3) is 0 Å². The number of hydrogen-bond acceptors (Lipinski definition) is 2. The van der Waals surface area contributed by atoms with E-state index in [9.17, 15) is 0 Å². The molecule has 0 aliphatic carbocycles. The van der Waals surface area contributed by atoms with Crippen molar-refractivity contribution in [3.05, 3.63) is 65.7 Å². The molecule has 1 unspecified atom stereocenters. The summed E-state index contributed by atoms with van der Waals surface area (Å²) >= 11 is 0. The Bertz CT molecular complexity index is 681. The van der Waals surface area contributed by atoms with Gasteiger partial charge >= 0.3 is 0 Å². The number of hydrogen-bond donors (Lipinski definition) is 2. The minimum atomic E-state index is 0. The maximum atomic E-state index is 6.10. The van der Waals surface area contributed by atoms with Crippen molar-refractivity contribution in [1.29, 1.82) is 0 Å². The van der Waals surface area contributed by atoms with Gasteiger partial charge in [-0.15, -0.1) is 24.0 Å². The first-order chi connectivity index (χ1) is 11.7. The topological polar surface area (TPSA) is 53.6 Å². The molecule has 4 nitrogen and oxygen atoms in total. The molecule has 3 N–H and O–H groups in total. The van der Waals surface area contributed by atoms with Crippen molar-refractivity contribution < 1.29 is 0 Å². The number of guanidine groups is 1. The van der Waals surface area contributed by atoms with Crippen molar-refractivity contribution in [3.8, 4) is 0 Å². The van der Waals surface area contributed by atoms with Crippen molar-refractivity contribution >= 4 is 35.6 Å². The molecule has 1 aliphatic heterocycles. The van der Waals surface area contributed by atoms with Crippen molar-refractivity contribution in [2.24, 2.45) is 10.7 Å². The number of rotatable bonds is 5. The van der Waals surface area contributed by atoms with Gasteiger partial charge in [0.15, 0.2) is 5.96 Å². The second kappa shape index (κ2) is 9.77. The van der Waals surface area contributed by atoms with Crippen LogP contribution in [0.4, 0.5) is 5.69 Å². The predicted octanol–water partition coefficient (Wildman–Crippen LogP) is 4.18. The zero-order valence-electron chi connectivity index (χ0n) is 14.7. The van der Waals surface area contributed by atoms with Gasteiger partial charge in [0, 0.05) is 5.69 Å². The molecule has 1 atom stereocenters. The lowest BCUT2D eigenvalue weighted by atomic mass is 10.1. The highest BCUT2D eigenvalue weighted by atomic mass is 127. The summed E-state index contributed by atoms with van der Waals surface area (Å²) in [4.78, 5) is 7.12. The SMILES string of the molecule is Cc1cccc(NC(N)=NCC(c2ccccc2)N2CCCC2)c1.I. The Balaban J connectivity index is 0.00000225. The van der Waals surface area contributed by atoms with E-state index in [4.69, 9.17) is 5.73 Å². The number of likely N-dealkylation sites (tertiary alicyclic amines) is 1. The van der Waals surface area contributed by atoms with Crippen LogP contribution in [0, 0.1) is 6.92 Å². The van der Waals surface area contributed by atoms with Crippen molar-refractivity contribution in [1.82, 2.24) is 4.90 Å². The lowest BCUT2D eigenvalue weighted by Gasteiger charge is -2.26. The largest absolute Gasteiger partial charge is 0.370 e. The van der Waals surface area contributed by atoms with E-state index in [0.717, 1.165) is 18.8 Å². The minimum Gasteiger partial charge on any atom is -0.370 e. The second-order valence-corrected chi connectivity index (χ2v) is 6.39. The number of benzene rings is 2. The van der Waals surface area contributed by atoms with E-state index >= 15 is 0 Å². The van der Waals surface area contributed by atoms with Crippen LogP contribution in [0.15, 0.2) is 59.6 Å². The molecule has 0 spiro atoms. The van der Waals surface area contributed by atoms with Crippen molar-refractivity contribution in [2.75, 3.05) is 25.0 Å². The number of nitrogens with two attached hydrogens (primary N) is 1. The van der Waals surface area contributed by atoms with Gasteiger partial charge in [-0.25, -0.2) is 0 Å². The van der Waals surface area contributed by atoms with Crippen LogP contribution in [0.5, 0.6) is 0 Å². The fourth-order valence-electron chi connectivity index (χ4n) is 3.26. The monoisotopic (exact) mass is 450 g/mol. The van der Waals surface area contributed by atoms with Crippen LogP contribution in [0.2, 0.25) is 0 Å². The van der Waals surface area contributed by atoms with Crippen LogP contribution in [0.1, 0.15) is 30.0 Å². The van der Waals surface area contributed by atoms with Gasteiger partial charge in [0.1, 0.15) is 0 Å². The van der Waals surface area contributed by atoms with Crippen LogP contribution in [0.3, 0.4) is 0 Å². The summed E-state index contributed by atoms with van der Waals surface area (Å²) in [6.07, 6.45) is 2.54. The van der Waals surface area contributed by atoms with E-state index in [0.29, 0.717) is 18.5 Å². The molecule has 1 fully saturated rings. The highest BCUT2D eigenvalue weighted by Gasteiger charge is 2.23. The molecule has 2 aromatic carbocycles. The molecule has 2 aromatic rings. The Kier molecular flexibility index (Phi) is 7.71. The average molecular weight is 450 g/mol. The van der Waals surface area contributed by atoms with E-state index in [2.05, 4.69) is 64.6 Å². The first-order valence-corrected chi connectivity index (χ1v) is 8.65. The molecular formula is C20H27IN4. The zero-order chi connectivity index (χ0) is 16.8. The molecular weight excluding hydrogens is 423 g/mol.